The highest BCUT2D eigenvalue weighted by molar-refractivity contribution is 9.10. The Labute approximate surface area is 159 Å². The van der Waals surface area contributed by atoms with Crippen LogP contribution in [0.15, 0.2) is 34.8 Å². The van der Waals surface area contributed by atoms with Gasteiger partial charge in [0.15, 0.2) is 5.75 Å². The van der Waals surface area contributed by atoms with Crippen molar-refractivity contribution in [2.24, 2.45) is 0 Å². The van der Waals surface area contributed by atoms with Crippen LogP contribution in [0.25, 0.3) is 0 Å². The van der Waals surface area contributed by atoms with Crippen molar-refractivity contribution >= 4 is 50.8 Å². The van der Waals surface area contributed by atoms with Crippen LogP contribution in [0.1, 0.15) is 25.3 Å². The van der Waals surface area contributed by atoms with Crippen LogP contribution in [0.4, 0.5) is 5.69 Å². The third kappa shape index (κ3) is 4.35. The van der Waals surface area contributed by atoms with Gasteiger partial charge in [-0.25, -0.2) is 0 Å². The van der Waals surface area contributed by atoms with Crippen LogP contribution in [0.3, 0.4) is 0 Å². The molecule has 7 heteroatoms. The molecule has 0 bridgehead atoms. The zero-order valence-electron chi connectivity index (χ0n) is 13.1. The number of carbonyl (C=O) groups is 1. The summed E-state index contributed by atoms with van der Waals surface area (Å²) in [6.45, 7) is 3.81. The molecule has 2 aromatic rings. The number of halogens is 3. The third-order valence-electron chi connectivity index (χ3n) is 3.35. The summed E-state index contributed by atoms with van der Waals surface area (Å²) < 4.78 is 11.5. The standard InChI is InChI=1S/C17H16BrCl2NO3/c1-3-23-17(22)9(2)10-6-13(19)16(14(20)7-10)24-11-4-5-15(21)12(18)8-11/h4-9H,3,21H2,1-2H3. The molecule has 0 aliphatic heterocycles. The fourth-order valence-corrected chi connectivity index (χ4v) is 2.96. The Hall–Kier alpha value is -1.43. The number of carbonyl (C=O) groups excluding carboxylic acids is 1. The quantitative estimate of drug-likeness (QED) is 0.479. The topological polar surface area (TPSA) is 61.5 Å². The Balaban J connectivity index is 2.29. The zero-order valence-corrected chi connectivity index (χ0v) is 16.2. The van der Waals surface area contributed by atoms with E-state index in [0.717, 1.165) is 0 Å². The van der Waals surface area contributed by atoms with Crippen molar-refractivity contribution in [2.75, 3.05) is 12.3 Å². The molecule has 2 N–H and O–H groups in total. The number of nitrogens with two attached hydrogens (primary N) is 1. The van der Waals surface area contributed by atoms with Gasteiger partial charge in [0.1, 0.15) is 5.75 Å². The summed E-state index contributed by atoms with van der Waals surface area (Å²) in [7, 11) is 0. The molecule has 4 nitrogen and oxygen atoms in total. The number of nitrogen functional groups attached to an aromatic ring is 1. The highest BCUT2D eigenvalue weighted by Crippen LogP contribution is 2.40. The molecule has 0 amide bonds. The Morgan fingerprint density at radius 1 is 1.25 bits per heavy atom. The number of hydrogen-bond donors (Lipinski definition) is 1. The molecule has 0 spiro atoms. The van der Waals surface area contributed by atoms with Crippen LogP contribution in [-0.4, -0.2) is 12.6 Å². The molecule has 0 aliphatic carbocycles. The van der Waals surface area contributed by atoms with Crippen molar-refractivity contribution in [1.29, 1.82) is 0 Å². The van der Waals surface area contributed by atoms with E-state index >= 15 is 0 Å². The lowest BCUT2D eigenvalue weighted by Crippen LogP contribution is -2.13. The molecule has 0 saturated heterocycles. The molecule has 24 heavy (non-hydrogen) atoms. The molecule has 0 saturated carbocycles. The Bertz CT molecular complexity index is 744. The smallest absolute Gasteiger partial charge is 0.313 e. The SMILES string of the molecule is CCOC(=O)C(C)c1cc(Cl)c(Oc2ccc(N)c(Br)c2)c(Cl)c1. The van der Waals surface area contributed by atoms with Gasteiger partial charge in [0, 0.05) is 10.2 Å². The first-order valence-electron chi connectivity index (χ1n) is 7.22. The maximum Gasteiger partial charge on any atom is 0.313 e. The number of anilines is 1. The molecule has 0 fully saturated rings. The Morgan fingerprint density at radius 3 is 2.42 bits per heavy atom. The minimum atomic E-state index is -0.473. The first-order valence-corrected chi connectivity index (χ1v) is 8.76. The monoisotopic (exact) mass is 431 g/mol. The minimum Gasteiger partial charge on any atom is -0.466 e. The zero-order chi connectivity index (χ0) is 17.9. The van der Waals surface area contributed by atoms with E-state index < -0.39 is 5.92 Å². The minimum absolute atomic E-state index is 0.307. The highest BCUT2D eigenvalue weighted by atomic mass is 79.9. The van der Waals surface area contributed by atoms with Gasteiger partial charge in [-0.3, -0.25) is 4.79 Å². The van der Waals surface area contributed by atoms with Crippen LogP contribution in [0.2, 0.25) is 10.0 Å². The fraction of sp³-hybridized carbons (Fsp3) is 0.235. The van der Waals surface area contributed by atoms with E-state index in [4.69, 9.17) is 38.4 Å². The van der Waals surface area contributed by atoms with E-state index in [-0.39, 0.29) is 5.97 Å². The van der Waals surface area contributed by atoms with Crippen molar-refractivity contribution in [2.45, 2.75) is 19.8 Å². The van der Waals surface area contributed by atoms with Gasteiger partial charge in [-0.1, -0.05) is 23.2 Å². The molecule has 0 heterocycles. The van der Waals surface area contributed by atoms with Gasteiger partial charge in [-0.2, -0.15) is 0 Å². The predicted molar refractivity (Wildman–Crippen MR) is 100 cm³/mol. The van der Waals surface area contributed by atoms with E-state index in [2.05, 4.69) is 15.9 Å². The average molecular weight is 433 g/mol. The second-order valence-electron chi connectivity index (χ2n) is 5.07. The number of hydrogen-bond acceptors (Lipinski definition) is 4. The molecule has 0 radical (unpaired) electrons. The van der Waals surface area contributed by atoms with Crippen LogP contribution in [0, 0.1) is 0 Å². The first-order chi connectivity index (χ1) is 11.3. The molecular weight excluding hydrogens is 417 g/mol. The van der Waals surface area contributed by atoms with Gasteiger partial charge in [0.25, 0.3) is 0 Å². The first kappa shape index (κ1) is 18.9. The Morgan fingerprint density at radius 2 is 1.88 bits per heavy atom. The molecular formula is C17H16BrCl2NO3. The molecule has 2 rings (SSSR count). The van der Waals surface area contributed by atoms with Crippen molar-refractivity contribution < 1.29 is 14.3 Å². The molecule has 1 atom stereocenters. The fourth-order valence-electron chi connectivity index (χ4n) is 2.02. The van der Waals surface area contributed by atoms with Gasteiger partial charge < -0.3 is 15.2 Å². The summed E-state index contributed by atoms with van der Waals surface area (Å²) in [6.07, 6.45) is 0. The Kier molecular flexibility index (Phi) is 6.38. The van der Waals surface area contributed by atoms with E-state index in [1.54, 1.807) is 44.2 Å². The maximum absolute atomic E-state index is 11.9. The summed E-state index contributed by atoms with van der Waals surface area (Å²) >= 11 is 15.9. The molecule has 128 valence electrons. The van der Waals surface area contributed by atoms with Gasteiger partial charge in [-0.05, 0) is 65.7 Å². The summed E-state index contributed by atoms with van der Waals surface area (Å²) in [5.74, 6) is 0.0429. The van der Waals surface area contributed by atoms with Crippen molar-refractivity contribution in [1.82, 2.24) is 0 Å². The average Bonchev–Trinajstić information content (AvgIpc) is 2.53. The second-order valence-corrected chi connectivity index (χ2v) is 6.74. The number of benzene rings is 2. The number of esters is 1. The summed E-state index contributed by atoms with van der Waals surface area (Å²) in [6, 6.07) is 8.44. The molecule has 1 unspecified atom stereocenters. The van der Waals surface area contributed by atoms with Crippen molar-refractivity contribution in [3.8, 4) is 11.5 Å². The van der Waals surface area contributed by atoms with Crippen molar-refractivity contribution in [3.05, 3.63) is 50.4 Å². The lowest BCUT2D eigenvalue weighted by molar-refractivity contribution is -0.144. The second kappa shape index (κ2) is 8.10. The van der Waals surface area contributed by atoms with E-state index in [1.807, 2.05) is 0 Å². The van der Waals surface area contributed by atoms with Crippen LogP contribution >= 0.6 is 39.1 Å². The van der Waals surface area contributed by atoms with Gasteiger partial charge in [0.05, 0.1) is 22.6 Å². The van der Waals surface area contributed by atoms with Gasteiger partial charge in [-0.15, -0.1) is 0 Å². The van der Waals surface area contributed by atoms with E-state index in [0.29, 0.717) is 43.9 Å². The van der Waals surface area contributed by atoms with Gasteiger partial charge in [0.2, 0.25) is 0 Å². The van der Waals surface area contributed by atoms with Gasteiger partial charge >= 0.3 is 5.97 Å². The normalized spacial score (nSPS) is 11.9. The molecule has 0 aromatic heterocycles. The summed E-state index contributed by atoms with van der Waals surface area (Å²) in [4.78, 5) is 11.9. The van der Waals surface area contributed by atoms with E-state index in [9.17, 15) is 4.79 Å². The third-order valence-corrected chi connectivity index (χ3v) is 4.60. The lowest BCUT2D eigenvalue weighted by Gasteiger charge is -2.15. The van der Waals surface area contributed by atoms with E-state index in [1.165, 1.54) is 0 Å². The van der Waals surface area contributed by atoms with Crippen LogP contribution < -0.4 is 10.5 Å². The van der Waals surface area contributed by atoms with Crippen LogP contribution in [0.5, 0.6) is 11.5 Å². The summed E-state index contributed by atoms with van der Waals surface area (Å²) in [5.41, 5.74) is 7.01. The largest absolute Gasteiger partial charge is 0.466 e. The maximum atomic E-state index is 11.9. The molecule has 2 aromatic carbocycles. The summed E-state index contributed by atoms with van der Waals surface area (Å²) in [5, 5.41) is 0.614. The lowest BCUT2D eigenvalue weighted by atomic mass is 10.0. The predicted octanol–water partition coefficient (Wildman–Crippen LogP) is 5.80. The number of rotatable bonds is 5. The number of ether oxygens (including phenoxy) is 2. The van der Waals surface area contributed by atoms with Crippen LogP contribution in [-0.2, 0) is 9.53 Å². The molecule has 0 aliphatic rings. The van der Waals surface area contributed by atoms with Crippen molar-refractivity contribution in [3.63, 3.8) is 0 Å². The highest BCUT2D eigenvalue weighted by Gasteiger charge is 2.20.